The van der Waals surface area contributed by atoms with Crippen LogP contribution >= 0.6 is 0 Å². The average Bonchev–Trinajstić information content (AvgIpc) is 3.55. The quantitative estimate of drug-likeness (QED) is 0.400. The predicted molar refractivity (Wildman–Crippen MR) is 148 cm³/mol. The molecule has 9 nitrogen and oxygen atoms in total. The molecule has 1 unspecified atom stereocenters. The number of carbonyl (C=O) groups excluding carboxylic acids is 2. The lowest BCUT2D eigenvalue weighted by molar-refractivity contribution is -0.146. The molecule has 5 rings (SSSR count). The second-order valence-corrected chi connectivity index (χ2v) is 10.9. The van der Waals surface area contributed by atoms with Crippen LogP contribution in [-0.4, -0.2) is 88.6 Å². The van der Waals surface area contributed by atoms with Crippen LogP contribution in [0.25, 0.3) is 11.3 Å². The Hall–Kier alpha value is -3.90. The normalized spacial score (nSPS) is 20.2. The van der Waals surface area contributed by atoms with E-state index in [9.17, 15) is 27.9 Å². The van der Waals surface area contributed by atoms with Crippen molar-refractivity contribution < 1.29 is 32.6 Å². The zero-order chi connectivity index (χ0) is 30.0. The monoisotopic (exact) mass is 585 g/mol. The fourth-order valence-corrected chi connectivity index (χ4v) is 5.71. The largest absolute Gasteiger partial charge is 0.453 e. The summed E-state index contributed by atoms with van der Waals surface area (Å²) >= 11 is 0. The van der Waals surface area contributed by atoms with E-state index in [1.165, 1.54) is 23.8 Å². The minimum absolute atomic E-state index is 0.0147. The molecule has 0 aliphatic carbocycles. The van der Waals surface area contributed by atoms with Gasteiger partial charge < -0.3 is 29.5 Å². The summed E-state index contributed by atoms with van der Waals surface area (Å²) in [7, 11) is 1.28. The smallest absolute Gasteiger partial charge is 0.409 e. The molecule has 12 heteroatoms. The van der Waals surface area contributed by atoms with E-state index in [0.717, 1.165) is 23.8 Å². The molecule has 0 radical (unpaired) electrons. The van der Waals surface area contributed by atoms with Crippen LogP contribution in [0.15, 0.2) is 54.7 Å². The zero-order valence-corrected chi connectivity index (χ0v) is 23.4. The summed E-state index contributed by atoms with van der Waals surface area (Å²) in [6, 6.07) is 11.7. The van der Waals surface area contributed by atoms with E-state index in [-0.39, 0.29) is 49.9 Å². The van der Waals surface area contributed by atoms with E-state index in [1.807, 2.05) is 30.3 Å². The first-order valence-corrected chi connectivity index (χ1v) is 13.9. The molecule has 2 saturated heterocycles. The Balaban J connectivity index is 1.64. The number of imidazole rings is 1. The summed E-state index contributed by atoms with van der Waals surface area (Å²) in [6.45, 7) is 2.54. The molecule has 2 aliphatic heterocycles. The van der Waals surface area contributed by atoms with Gasteiger partial charge in [0.25, 0.3) is 5.91 Å². The van der Waals surface area contributed by atoms with Crippen molar-refractivity contribution in [1.29, 1.82) is 0 Å². The molecular formula is C30H34F3N5O4. The summed E-state index contributed by atoms with van der Waals surface area (Å²) in [5.41, 5.74) is 0.995. The number of methoxy groups -OCH3 is 1. The predicted octanol–water partition coefficient (Wildman–Crippen LogP) is 3.38. The number of hydrogen-bond donors (Lipinski definition) is 2. The Morgan fingerprint density at radius 2 is 1.90 bits per heavy atom. The Kier molecular flexibility index (Phi) is 8.83. The minimum Gasteiger partial charge on any atom is -0.453 e. The van der Waals surface area contributed by atoms with Crippen LogP contribution in [0.2, 0.25) is 0 Å². The Morgan fingerprint density at radius 1 is 1.17 bits per heavy atom. The van der Waals surface area contributed by atoms with Crippen LogP contribution < -0.4 is 5.32 Å². The zero-order valence-electron chi connectivity index (χ0n) is 23.4. The van der Waals surface area contributed by atoms with Crippen molar-refractivity contribution in [2.24, 2.45) is 11.8 Å². The molecular weight excluding hydrogens is 551 g/mol. The third kappa shape index (κ3) is 6.14. The van der Waals surface area contributed by atoms with Gasteiger partial charge in [0.15, 0.2) is 0 Å². The number of amides is 2. The van der Waals surface area contributed by atoms with Crippen LogP contribution in [0.4, 0.5) is 18.0 Å². The highest BCUT2D eigenvalue weighted by molar-refractivity contribution is 5.81. The summed E-state index contributed by atoms with van der Waals surface area (Å²) in [5, 5.41) is 13.4. The number of benzene rings is 2. The second kappa shape index (κ2) is 12.5. The molecule has 2 N–H and O–H groups in total. The molecule has 3 heterocycles. The fraction of sp³-hybridized carbons (Fsp3) is 0.433. The molecule has 2 aliphatic rings. The van der Waals surface area contributed by atoms with Gasteiger partial charge in [-0.25, -0.2) is 22.9 Å². The van der Waals surface area contributed by atoms with Gasteiger partial charge in [-0.15, -0.1) is 0 Å². The molecule has 2 amide bonds. The first-order chi connectivity index (χ1) is 20.2. The molecule has 2 fully saturated rings. The van der Waals surface area contributed by atoms with Crippen LogP contribution in [0.1, 0.15) is 24.4 Å². The molecule has 0 bridgehead atoms. The number of halogens is 3. The maximum atomic E-state index is 14.9. The van der Waals surface area contributed by atoms with Crippen molar-refractivity contribution in [1.82, 2.24) is 24.7 Å². The second-order valence-electron chi connectivity index (χ2n) is 10.9. The van der Waals surface area contributed by atoms with E-state index in [4.69, 9.17) is 9.72 Å². The minimum atomic E-state index is -1.39. The van der Waals surface area contributed by atoms with E-state index < -0.39 is 47.9 Å². The van der Waals surface area contributed by atoms with Gasteiger partial charge in [-0.05, 0) is 30.7 Å². The number of likely N-dealkylation sites (tertiary alicyclic amines) is 1. The van der Waals surface area contributed by atoms with Crippen molar-refractivity contribution in [2.75, 3.05) is 39.8 Å². The molecule has 42 heavy (non-hydrogen) atoms. The maximum absolute atomic E-state index is 14.9. The number of aliphatic hydroxyl groups excluding tert-OH is 1. The SMILES string of the molecule is COC(=O)N1CC(C(c2nc(-c3cc(F)ccc3F)cn2Cc2ccccc2)N(C[C@@H]2CNC[C@@H]2F)C(=O)[C@H](C)O)C1. The summed E-state index contributed by atoms with van der Waals surface area (Å²) < 4.78 is 50.6. The molecule has 0 spiro atoms. The number of aromatic nitrogens is 2. The number of aliphatic hydroxyl groups is 1. The number of rotatable bonds is 9. The maximum Gasteiger partial charge on any atom is 0.409 e. The van der Waals surface area contributed by atoms with Crippen molar-refractivity contribution in [3.8, 4) is 11.3 Å². The number of nitrogens with one attached hydrogen (secondary N) is 1. The van der Waals surface area contributed by atoms with E-state index in [2.05, 4.69) is 5.32 Å². The number of alkyl halides is 1. The summed E-state index contributed by atoms with van der Waals surface area (Å²) in [5.74, 6) is -2.47. The molecule has 224 valence electrons. The number of carbonyl (C=O) groups is 2. The van der Waals surface area contributed by atoms with Crippen LogP contribution in [0.5, 0.6) is 0 Å². The van der Waals surface area contributed by atoms with Crippen molar-refractivity contribution in [2.45, 2.75) is 31.8 Å². The third-order valence-corrected chi connectivity index (χ3v) is 7.93. The highest BCUT2D eigenvalue weighted by Crippen LogP contribution is 2.38. The first-order valence-electron chi connectivity index (χ1n) is 13.9. The molecule has 0 saturated carbocycles. The highest BCUT2D eigenvalue weighted by Gasteiger charge is 2.46. The summed E-state index contributed by atoms with van der Waals surface area (Å²) in [4.78, 5) is 33.5. The Labute approximate surface area is 241 Å². The standard InChI is InChI=1S/C30H34F3N5O4/c1-18(39)29(40)38(16-20-11-34-12-25(20)33)27(21-14-37(15-21)30(41)42-2)28-35-26(23-10-22(31)8-9-24(23)32)17-36(28)13-19-6-4-3-5-7-19/h3-10,17-18,20-21,25,27,34,39H,11-16H2,1-2H3/t18-,20-,25-,27?/m0/s1. The van der Waals surface area contributed by atoms with E-state index in [0.29, 0.717) is 12.4 Å². The highest BCUT2D eigenvalue weighted by atomic mass is 19.1. The fourth-order valence-electron chi connectivity index (χ4n) is 5.71. The van der Waals surface area contributed by atoms with Crippen molar-refractivity contribution in [3.63, 3.8) is 0 Å². The van der Waals surface area contributed by atoms with Crippen LogP contribution in [-0.2, 0) is 16.1 Å². The van der Waals surface area contributed by atoms with Gasteiger partial charge in [-0.2, -0.15) is 0 Å². The number of nitrogens with zero attached hydrogens (tertiary/aromatic N) is 4. The topological polar surface area (TPSA) is 99.9 Å². The Bertz CT molecular complexity index is 1410. The molecule has 2 aromatic carbocycles. The van der Waals surface area contributed by atoms with Crippen LogP contribution in [0, 0.1) is 23.5 Å². The Morgan fingerprint density at radius 3 is 2.55 bits per heavy atom. The van der Waals surface area contributed by atoms with Gasteiger partial charge in [-0.1, -0.05) is 30.3 Å². The van der Waals surface area contributed by atoms with Gasteiger partial charge in [0.2, 0.25) is 0 Å². The van der Waals surface area contributed by atoms with E-state index >= 15 is 0 Å². The molecule has 4 atom stereocenters. The number of hydrogen-bond acceptors (Lipinski definition) is 6. The first kappa shape index (κ1) is 29.6. The van der Waals surface area contributed by atoms with Gasteiger partial charge in [0.05, 0.1) is 18.8 Å². The lowest BCUT2D eigenvalue weighted by Gasteiger charge is -2.46. The van der Waals surface area contributed by atoms with Gasteiger partial charge in [-0.3, -0.25) is 4.79 Å². The molecule has 1 aromatic heterocycles. The summed E-state index contributed by atoms with van der Waals surface area (Å²) in [6.07, 6.45) is -1.53. The average molecular weight is 586 g/mol. The third-order valence-electron chi connectivity index (χ3n) is 7.93. The van der Waals surface area contributed by atoms with Gasteiger partial charge >= 0.3 is 6.09 Å². The lowest BCUT2D eigenvalue weighted by atomic mass is 9.88. The van der Waals surface area contributed by atoms with Crippen molar-refractivity contribution >= 4 is 12.0 Å². The van der Waals surface area contributed by atoms with E-state index in [1.54, 1.807) is 10.8 Å². The lowest BCUT2D eigenvalue weighted by Crippen LogP contribution is -2.57. The number of ether oxygens (including phenoxy) is 1. The van der Waals surface area contributed by atoms with Crippen molar-refractivity contribution in [3.05, 3.63) is 77.8 Å². The van der Waals surface area contributed by atoms with Crippen LogP contribution in [0.3, 0.4) is 0 Å². The van der Waals surface area contributed by atoms with Gasteiger partial charge in [0, 0.05) is 62.9 Å². The molecule has 3 aromatic rings. The van der Waals surface area contributed by atoms with Gasteiger partial charge in [0.1, 0.15) is 29.7 Å².